The van der Waals surface area contributed by atoms with Crippen molar-refractivity contribution >= 4 is 5.91 Å². The number of nitrogens with two attached hydrogens (primary N) is 1. The average Bonchev–Trinajstić information content (AvgIpc) is 2.86. The number of hydrogen-bond acceptors (Lipinski definition) is 4. The summed E-state index contributed by atoms with van der Waals surface area (Å²) in [5, 5.41) is 0. The average molecular weight is 276 g/mol. The number of benzene rings is 1. The molecule has 0 spiro atoms. The lowest BCUT2D eigenvalue weighted by Crippen LogP contribution is -2.50. The third kappa shape index (κ3) is 2.22. The first-order valence-corrected chi connectivity index (χ1v) is 7.09. The summed E-state index contributed by atoms with van der Waals surface area (Å²) in [7, 11) is 0. The minimum absolute atomic E-state index is 0.0145. The number of nitrogens with zero attached hydrogens (tertiary/aromatic N) is 1. The van der Waals surface area contributed by atoms with Gasteiger partial charge in [-0.3, -0.25) is 4.79 Å². The van der Waals surface area contributed by atoms with Crippen LogP contribution in [0.1, 0.15) is 13.3 Å². The molecular formula is C15H20N2O3. The first kappa shape index (κ1) is 13.2. The van der Waals surface area contributed by atoms with Crippen LogP contribution >= 0.6 is 0 Å². The SMILES string of the molecule is CC1CCN(C(=O)C2COc3ccccc3O2)C1CN. The van der Waals surface area contributed by atoms with Gasteiger partial charge in [-0.25, -0.2) is 0 Å². The molecule has 1 aromatic carbocycles. The Bertz CT molecular complexity index is 506. The van der Waals surface area contributed by atoms with Gasteiger partial charge in [0, 0.05) is 19.1 Å². The van der Waals surface area contributed by atoms with E-state index in [9.17, 15) is 4.79 Å². The van der Waals surface area contributed by atoms with Crippen molar-refractivity contribution in [1.82, 2.24) is 4.90 Å². The second-order valence-electron chi connectivity index (χ2n) is 5.46. The summed E-state index contributed by atoms with van der Waals surface area (Å²) in [5.41, 5.74) is 5.79. The number of carbonyl (C=O) groups excluding carboxylic acids is 1. The van der Waals surface area contributed by atoms with Gasteiger partial charge in [0.25, 0.3) is 5.91 Å². The van der Waals surface area contributed by atoms with Crippen LogP contribution in [0.15, 0.2) is 24.3 Å². The van der Waals surface area contributed by atoms with Crippen molar-refractivity contribution < 1.29 is 14.3 Å². The van der Waals surface area contributed by atoms with Crippen LogP contribution in [-0.2, 0) is 4.79 Å². The molecule has 5 nitrogen and oxygen atoms in total. The monoisotopic (exact) mass is 276 g/mol. The highest BCUT2D eigenvalue weighted by Crippen LogP contribution is 2.32. The lowest BCUT2D eigenvalue weighted by Gasteiger charge is -2.32. The van der Waals surface area contributed by atoms with E-state index in [1.807, 2.05) is 29.2 Å². The molecule has 1 saturated heterocycles. The molecule has 3 atom stereocenters. The van der Waals surface area contributed by atoms with Crippen LogP contribution in [0, 0.1) is 5.92 Å². The minimum atomic E-state index is -0.566. The smallest absolute Gasteiger partial charge is 0.267 e. The third-order valence-corrected chi connectivity index (χ3v) is 4.19. The van der Waals surface area contributed by atoms with Crippen molar-refractivity contribution in [1.29, 1.82) is 0 Å². The third-order valence-electron chi connectivity index (χ3n) is 4.19. The number of rotatable bonds is 2. The van der Waals surface area contributed by atoms with Gasteiger partial charge in [-0.1, -0.05) is 19.1 Å². The highest BCUT2D eigenvalue weighted by molar-refractivity contribution is 5.82. The minimum Gasteiger partial charge on any atom is -0.485 e. The van der Waals surface area contributed by atoms with Gasteiger partial charge < -0.3 is 20.1 Å². The Morgan fingerprint density at radius 2 is 2.15 bits per heavy atom. The van der Waals surface area contributed by atoms with E-state index in [1.165, 1.54) is 0 Å². The summed E-state index contributed by atoms with van der Waals surface area (Å²) in [4.78, 5) is 14.4. The molecule has 108 valence electrons. The van der Waals surface area contributed by atoms with Gasteiger partial charge in [0.05, 0.1) is 0 Å². The summed E-state index contributed by atoms with van der Waals surface area (Å²) < 4.78 is 11.4. The number of carbonyl (C=O) groups is 1. The molecular weight excluding hydrogens is 256 g/mol. The number of ether oxygens (including phenoxy) is 2. The zero-order valence-electron chi connectivity index (χ0n) is 11.6. The maximum absolute atomic E-state index is 12.6. The fourth-order valence-corrected chi connectivity index (χ4v) is 2.97. The van der Waals surface area contributed by atoms with Crippen LogP contribution in [0.25, 0.3) is 0 Å². The van der Waals surface area contributed by atoms with Gasteiger partial charge in [0.2, 0.25) is 6.10 Å². The second kappa shape index (κ2) is 5.32. The molecule has 2 N–H and O–H groups in total. The quantitative estimate of drug-likeness (QED) is 0.876. The number of hydrogen-bond donors (Lipinski definition) is 1. The zero-order chi connectivity index (χ0) is 14.1. The maximum atomic E-state index is 12.6. The molecule has 0 bridgehead atoms. The Morgan fingerprint density at radius 3 is 2.90 bits per heavy atom. The molecule has 0 aromatic heterocycles. The van der Waals surface area contributed by atoms with E-state index in [4.69, 9.17) is 15.2 Å². The molecule has 2 heterocycles. The van der Waals surface area contributed by atoms with Crippen molar-refractivity contribution in [3.63, 3.8) is 0 Å². The molecule has 3 rings (SSSR count). The van der Waals surface area contributed by atoms with Crippen molar-refractivity contribution in [2.24, 2.45) is 11.7 Å². The lowest BCUT2D eigenvalue weighted by molar-refractivity contribution is -0.142. The number of likely N-dealkylation sites (tertiary alicyclic amines) is 1. The summed E-state index contributed by atoms with van der Waals surface area (Å²) >= 11 is 0. The largest absolute Gasteiger partial charge is 0.485 e. The van der Waals surface area contributed by atoms with Crippen molar-refractivity contribution in [3.05, 3.63) is 24.3 Å². The standard InChI is InChI=1S/C15H20N2O3/c1-10-6-7-17(11(10)8-16)15(18)14-9-19-12-4-2-3-5-13(12)20-14/h2-5,10-11,14H,6-9,16H2,1H3. The van der Waals surface area contributed by atoms with Crippen LogP contribution in [0.5, 0.6) is 11.5 Å². The van der Waals surface area contributed by atoms with Gasteiger partial charge in [0.1, 0.15) is 6.61 Å². The predicted molar refractivity (Wildman–Crippen MR) is 74.7 cm³/mol. The van der Waals surface area contributed by atoms with Gasteiger partial charge in [-0.2, -0.15) is 0 Å². The predicted octanol–water partition coefficient (Wildman–Crippen LogP) is 1.02. The Balaban J connectivity index is 1.73. The fourth-order valence-electron chi connectivity index (χ4n) is 2.97. The van der Waals surface area contributed by atoms with E-state index in [0.29, 0.717) is 24.0 Å². The first-order valence-electron chi connectivity index (χ1n) is 7.09. The summed E-state index contributed by atoms with van der Waals surface area (Å²) in [5.74, 6) is 1.76. The Hall–Kier alpha value is -1.75. The maximum Gasteiger partial charge on any atom is 0.267 e. The first-order chi connectivity index (χ1) is 9.70. The molecule has 3 unspecified atom stereocenters. The molecule has 1 fully saturated rings. The fraction of sp³-hybridized carbons (Fsp3) is 0.533. The van der Waals surface area contributed by atoms with Crippen LogP contribution < -0.4 is 15.2 Å². The molecule has 0 aliphatic carbocycles. The topological polar surface area (TPSA) is 64.8 Å². The van der Waals surface area contributed by atoms with E-state index in [0.717, 1.165) is 13.0 Å². The second-order valence-corrected chi connectivity index (χ2v) is 5.46. The van der Waals surface area contributed by atoms with Crippen molar-refractivity contribution in [2.75, 3.05) is 19.7 Å². The number of amides is 1. The highest BCUT2D eigenvalue weighted by atomic mass is 16.6. The van der Waals surface area contributed by atoms with E-state index < -0.39 is 6.10 Å². The van der Waals surface area contributed by atoms with Crippen LogP contribution in [-0.4, -0.2) is 42.6 Å². The molecule has 0 radical (unpaired) electrons. The molecule has 2 aliphatic heterocycles. The van der Waals surface area contributed by atoms with Gasteiger partial charge >= 0.3 is 0 Å². The Morgan fingerprint density at radius 1 is 1.40 bits per heavy atom. The Labute approximate surface area is 118 Å². The summed E-state index contributed by atoms with van der Waals surface area (Å²) in [6, 6.07) is 7.54. The summed E-state index contributed by atoms with van der Waals surface area (Å²) in [6.45, 7) is 3.65. The van der Waals surface area contributed by atoms with Crippen LogP contribution in [0.3, 0.4) is 0 Å². The Kier molecular flexibility index (Phi) is 3.53. The van der Waals surface area contributed by atoms with E-state index >= 15 is 0 Å². The molecule has 5 heteroatoms. The number of para-hydroxylation sites is 2. The summed E-state index contributed by atoms with van der Waals surface area (Å²) in [6.07, 6.45) is 0.432. The van der Waals surface area contributed by atoms with E-state index in [2.05, 4.69) is 6.92 Å². The zero-order valence-corrected chi connectivity index (χ0v) is 11.6. The molecule has 1 aromatic rings. The molecule has 20 heavy (non-hydrogen) atoms. The van der Waals surface area contributed by atoms with E-state index in [-0.39, 0.29) is 18.6 Å². The van der Waals surface area contributed by atoms with Crippen LogP contribution in [0.4, 0.5) is 0 Å². The molecule has 1 amide bonds. The lowest BCUT2D eigenvalue weighted by atomic mass is 10.0. The normalized spacial score (nSPS) is 28.5. The van der Waals surface area contributed by atoms with E-state index in [1.54, 1.807) is 0 Å². The van der Waals surface area contributed by atoms with Crippen LogP contribution in [0.2, 0.25) is 0 Å². The molecule has 2 aliphatic rings. The van der Waals surface area contributed by atoms with Crippen molar-refractivity contribution in [2.45, 2.75) is 25.5 Å². The molecule has 0 saturated carbocycles. The number of fused-ring (bicyclic) bond motifs is 1. The van der Waals surface area contributed by atoms with Crippen molar-refractivity contribution in [3.8, 4) is 11.5 Å². The van der Waals surface area contributed by atoms with Gasteiger partial charge in [0.15, 0.2) is 11.5 Å². The van der Waals surface area contributed by atoms with Gasteiger partial charge in [-0.05, 0) is 24.5 Å². The van der Waals surface area contributed by atoms with Gasteiger partial charge in [-0.15, -0.1) is 0 Å². The highest BCUT2D eigenvalue weighted by Gasteiger charge is 2.39.